The van der Waals surface area contributed by atoms with Crippen molar-refractivity contribution >= 4 is 5.82 Å². The van der Waals surface area contributed by atoms with Crippen LogP contribution in [-0.2, 0) is 6.54 Å². The molecule has 120 valence electrons. The Labute approximate surface area is 129 Å². The second-order valence-corrected chi connectivity index (χ2v) is 6.65. The number of hydrogen-bond acceptors (Lipinski definition) is 3. The second-order valence-electron chi connectivity index (χ2n) is 6.65. The molecule has 0 unspecified atom stereocenters. The van der Waals surface area contributed by atoms with Gasteiger partial charge in [0.25, 0.3) is 5.56 Å². The molecule has 1 aromatic heterocycles. The molecule has 4 heteroatoms. The van der Waals surface area contributed by atoms with Crippen LogP contribution in [0.1, 0.15) is 59.8 Å². The van der Waals surface area contributed by atoms with Gasteiger partial charge in [0.15, 0.2) is 5.82 Å². The van der Waals surface area contributed by atoms with Crippen molar-refractivity contribution < 1.29 is 0 Å². The minimum absolute atomic E-state index is 0.00833. The summed E-state index contributed by atoms with van der Waals surface area (Å²) in [5.41, 5.74) is -0.00833. The summed E-state index contributed by atoms with van der Waals surface area (Å²) in [5, 5.41) is 3.18. The Bertz CT molecular complexity index is 452. The lowest BCUT2D eigenvalue weighted by molar-refractivity contribution is 0.509. The van der Waals surface area contributed by atoms with Gasteiger partial charge in [0, 0.05) is 25.5 Å². The molecule has 0 bridgehead atoms. The lowest BCUT2D eigenvalue weighted by atomic mass is 10.0. The largest absolute Gasteiger partial charge is 0.365 e. The minimum atomic E-state index is -0.00833. The van der Waals surface area contributed by atoms with Gasteiger partial charge >= 0.3 is 0 Å². The molecule has 0 saturated carbocycles. The van der Waals surface area contributed by atoms with Gasteiger partial charge in [0.05, 0.1) is 0 Å². The van der Waals surface area contributed by atoms with Crippen LogP contribution in [0.5, 0.6) is 0 Å². The molecule has 0 amide bonds. The van der Waals surface area contributed by atoms with Gasteiger partial charge in [-0.25, -0.2) is 4.98 Å². The smallest absolute Gasteiger partial charge is 0.293 e. The molecule has 1 heterocycles. The van der Waals surface area contributed by atoms with Gasteiger partial charge in [-0.3, -0.25) is 4.79 Å². The van der Waals surface area contributed by atoms with E-state index in [0.29, 0.717) is 11.7 Å². The SMILES string of the molecule is CC(C)CCCCCCNc1nccn(CC(C)C)c1=O. The van der Waals surface area contributed by atoms with Crippen molar-refractivity contribution in [3.63, 3.8) is 0 Å². The van der Waals surface area contributed by atoms with E-state index in [9.17, 15) is 4.79 Å². The Morgan fingerprint density at radius 1 is 1.10 bits per heavy atom. The van der Waals surface area contributed by atoms with Gasteiger partial charge < -0.3 is 9.88 Å². The number of anilines is 1. The maximum Gasteiger partial charge on any atom is 0.293 e. The summed E-state index contributed by atoms with van der Waals surface area (Å²) in [6, 6.07) is 0. The molecular weight excluding hydrogens is 262 g/mol. The molecule has 0 aliphatic heterocycles. The number of nitrogens with zero attached hydrogens (tertiary/aromatic N) is 2. The minimum Gasteiger partial charge on any atom is -0.365 e. The van der Waals surface area contributed by atoms with Crippen LogP contribution in [0.4, 0.5) is 5.82 Å². The number of hydrogen-bond donors (Lipinski definition) is 1. The summed E-state index contributed by atoms with van der Waals surface area (Å²) in [5.74, 6) is 1.75. The normalized spacial score (nSPS) is 11.3. The van der Waals surface area contributed by atoms with E-state index in [1.807, 2.05) is 0 Å². The first-order valence-corrected chi connectivity index (χ1v) is 8.30. The zero-order chi connectivity index (χ0) is 15.7. The van der Waals surface area contributed by atoms with Gasteiger partial charge in [-0.05, 0) is 18.3 Å². The second kappa shape index (κ2) is 9.59. The van der Waals surface area contributed by atoms with E-state index >= 15 is 0 Å². The number of aromatic nitrogens is 2. The first-order chi connectivity index (χ1) is 10.0. The maximum absolute atomic E-state index is 12.2. The van der Waals surface area contributed by atoms with E-state index in [-0.39, 0.29) is 5.56 Å². The number of rotatable bonds is 10. The molecular formula is C17H31N3O. The van der Waals surface area contributed by atoms with E-state index in [0.717, 1.165) is 25.4 Å². The maximum atomic E-state index is 12.2. The Morgan fingerprint density at radius 2 is 1.81 bits per heavy atom. The average Bonchev–Trinajstić information content (AvgIpc) is 2.40. The number of unbranched alkanes of at least 4 members (excludes halogenated alkanes) is 3. The van der Waals surface area contributed by atoms with Crippen LogP contribution in [0.25, 0.3) is 0 Å². The highest BCUT2D eigenvalue weighted by atomic mass is 16.1. The molecule has 0 atom stereocenters. The Kier molecular flexibility index (Phi) is 8.09. The fraction of sp³-hybridized carbons (Fsp3) is 0.765. The lowest BCUT2D eigenvalue weighted by Gasteiger charge is -2.10. The summed E-state index contributed by atoms with van der Waals surface area (Å²) in [6.07, 6.45) is 9.68. The topological polar surface area (TPSA) is 46.9 Å². The standard InChI is InChI=1S/C17H31N3O/c1-14(2)9-7-5-6-8-10-18-16-17(21)20(12-11-19-16)13-15(3)4/h11-12,14-15H,5-10,13H2,1-4H3,(H,18,19). The van der Waals surface area contributed by atoms with E-state index in [1.54, 1.807) is 17.0 Å². The summed E-state index contributed by atoms with van der Waals surface area (Å²) >= 11 is 0. The third-order valence-corrected chi connectivity index (χ3v) is 3.48. The third kappa shape index (κ3) is 7.30. The van der Waals surface area contributed by atoms with Crippen molar-refractivity contribution in [3.8, 4) is 0 Å². The van der Waals surface area contributed by atoms with Crippen molar-refractivity contribution in [3.05, 3.63) is 22.7 Å². The Balaban J connectivity index is 2.31. The molecule has 0 aliphatic carbocycles. The van der Waals surface area contributed by atoms with E-state index < -0.39 is 0 Å². The molecule has 0 fully saturated rings. The molecule has 4 nitrogen and oxygen atoms in total. The summed E-state index contributed by atoms with van der Waals surface area (Å²) in [6.45, 7) is 10.3. The van der Waals surface area contributed by atoms with Crippen molar-refractivity contribution in [1.82, 2.24) is 9.55 Å². The number of nitrogens with one attached hydrogen (secondary N) is 1. The summed E-state index contributed by atoms with van der Waals surface area (Å²) < 4.78 is 1.74. The molecule has 0 spiro atoms. The van der Waals surface area contributed by atoms with Crippen molar-refractivity contribution in [1.29, 1.82) is 0 Å². The van der Waals surface area contributed by atoms with Crippen LogP contribution in [0, 0.1) is 11.8 Å². The molecule has 1 aromatic rings. The fourth-order valence-electron chi connectivity index (χ4n) is 2.34. The fourth-order valence-corrected chi connectivity index (χ4v) is 2.34. The first kappa shape index (κ1) is 17.7. The monoisotopic (exact) mass is 293 g/mol. The molecule has 0 saturated heterocycles. The van der Waals surface area contributed by atoms with Crippen molar-refractivity contribution in [2.24, 2.45) is 11.8 Å². The molecule has 0 aliphatic rings. The molecule has 0 aromatic carbocycles. The quantitative estimate of drug-likeness (QED) is 0.665. The van der Waals surface area contributed by atoms with Crippen LogP contribution < -0.4 is 10.9 Å². The van der Waals surface area contributed by atoms with Crippen molar-refractivity contribution in [2.75, 3.05) is 11.9 Å². The first-order valence-electron chi connectivity index (χ1n) is 8.30. The highest BCUT2D eigenvalue weighted by Gasteiger charge is 2.05. The summed E-state index contributed by atoms with van der Waals surface area (Å²) in [4.78, 5) is 16.3. The zero-order valence-corrected chi connectivity index (χ0v) is 14.1. The molecule has 21 heavy (non-hydrogen) atoms. The van der Waals surface area contributed by atoms with Crippen LogP contribution in [0.3, 0.4) is 0 Å². The van der Waals surface area contributed by atoms with Gasteiger partial charge in [-0.1, -0.05) is 53.4 Å². The van der Waals surface area contributed by atoms with Crippen LogP contribution in [0.15, 0.2) is 17.2 Å². The van der Waals surface area contributed by atoms with Gasteiger partial charge in [-0.2, -0.15) is 0 Å². The molecule has 1 rings (SSSR count). The molecule has 1 N–H and O–H groups in total. The molecule has 0 radical (unpaired) electrons. The highest BCUT2D eigenvalue weighted by molar-refractivity contribution is 5.30. The average molecular weight is 293 g/mol. The van der Waals surface area contributed by atoms with E-state index in [1.165, 1.54) is 25.7 Å². The Hall–Kier alpha value is -1.32. The van der Waals surface area contributed by atoms with Gasteiger partial charge in [0.1, 0.15) is 0 Å². The van der Waals surface area contributed by atoms with E-state index in [4.69, 9.17) is 0 Å². The zero-order valence-electron chi connectivity index (χ0n) is 14.1. The predicted octanol–water partition coefficient (Wildman–Crippen LogP) is 3.92. The van der Waals surface area contributed by atoms with E-state index in [2.05, 4.69) is 38.0 Å². The summed E-state index contributed by atoms with van der Waals surface area (Å²) in [7, 11) is 0. The Morgan fingerprint density at radius 3 is 2.48 bits per heavy atom. The van der Waals surface area contributed by atoms with Crippen LogP contribution in [0.2, 0.25) is 0 Å². The highest BCUT2D eigenvalue weighted by Crippen LogP contribution is 2.09. The van der Waals surface area contributed by atoms with Crippen LogP contribution in [-0.4, -0.2) is 16.1 Å². The van der Waals surface area contributed by atoms with Gasteiger partial charge in [-0.15, -0.1) is 0 Å². The van der Waals surface area contributed by atoms with Gasteiger partial charge in [0.2, 0.25) is 0 Å². The predicted molar refractivity (Wildman–Crippen MR) is 89.7 cm³/mol. The third-order valence-electron chi connectivity index (χ3n) is 3.48. The van der Waals surface area contributed by atoms with Crippen molar-refractivity contribution in [2.45, 2.75) is 66.3 Å². The lowest BCUT2D eigenvalue weighted by Crippen LogP contribution is -2.26. The van der Waals surface area contributed by atoms with Crippen LogP contribution >= 0.6 is 0 Å².